The molecule has 1 heterocycles. The summed E-state index contributed by atoms with van der Waals surface area (Å²) in [5.74, 6) is 0.0277. The number of benzene rings is 2. The molecular formula is C21H21Cl2N3O. The van der Waals surface area contributed by atoms with Gasteiger partial charge in [0.2, 0.25) is 5.91 Å². The summed E-state index contributed by atoms with van der Waals surface area (Å²) in [7, 11) is 1.79. The standard InChI is InChI=1S/C21H21Cl2N3O/c1-14-18(15(2)26(24-14)17-7-5-4-6-8-17)12-21(27)25(3)13-16-9-10-19(22)20(23)11-16/h4-11H,12-13H2,1-3H3. The smallest absolute Gasteiger partial charge is 0.227 e. The molecule has 2 aromatic carbocycles. The van der Waals surface area contributed by atoms with Crippen LogP contribution in [0.4, 0.5) is 0 Å². The Balaban J connectivity index is 1.75. The largest absolute Gasteiger partial charge is 0.341 e. The summed E-state index contributed by atoms with van der Waals surface area (Å²) >= 11 is 12.0. The highest BCUT2D eigenvalue weighted by Crippen LogP contribution is 2.23. The summed E-state index contributed by atoms with van der Waals surface area (Å²) in [5, 5.41) is 5.61. The number of rotatable bonds is 5. The zero-order valence-electron chi connectivity index (χ0n) is 15.5. The SMILES string of the molecule is Cc1nn(-c2ccccc2)c(C)c1CC(=O)N(C)Cc1ccc(Cl)c(Cl)c1. The van der Waals surface area contributed by atoms with Gasteiger partial charge in [0.25, 0.3) is 0 Å². The summed E-state index contributed by atoms with van der Waals surface area (Å²) in [6.07, 6.45) is 0.308. The molecule has 0 aliphatic carbocycles. The maximum Gasteiger partial charge on any atom is 0.227 e. The molecule has 6 heteroatoms. The van der Waals surface area contributed by atoms with Crippen LogP contribution in [0.5, 0.6) is 0 Å². The number of halogens is 2. The minimum atomic E-state index is 0.0277. The van der Waals surface area contributed by atoms with Crippen LogP contribution in [0.3, 0.4) is 0 Å². The molecule has 3 aromatic rings. The second-order valence-corrected chi connectivity index (χ2v) is 7.39. The summed E-state index contributed by atoms with van der Waals surface area (Å²) in [4.78, 5) is 14.4. The Bertz CT molecular complexity index is 967. The Morgan fingerprint density at radius 2 is 1.78 bits per heavy atom. The highest BCUT2D eigenvalue weighted by atomic mass is 35.5. The van der Waals surface area contributed by atoms with Crippen LogP contribution >= 0.6 is 23.2 Å². The molecule has 3 rings (SSSR count). The molecule has 0 saturated heterocycles. The number of aryl methyl sites for hydroxylation is 1. The van der Waals surface area contributed by atoms with E-state index in [0.29, 0.717) is 23.0 Å². The topological polar surface area (TPSA) is 38.1 Å². The van der Waals surface area contributed by atoms with Crippen LogP contribution in [0.1, 0.15) is 22.5 Å². The summed E-state index contributed by atoms with van der Waals surface area (Å²) < 4.78 is 1.89. The second-order valence-electron chi connectivity index (χ2n) is 6.57. The van der Waals surface area contributed by atoms with Gasteiger partial charge in [0.05, 0.1) is 27.8 Å². The lowest BCUT2D eigenvalue weighted by Gasteiger charge is -2.18. The lowest BCUT2D eigenvalue weighted by molar-refractivity contribution is -0.129. The van der Waals surface area contributed by atoms with Crippen LogP contribution < -0.4 is 0 Å². The molecule has 0 aliphatic rings. The van der Waals surface area contributed by atoms with Crippen LogP contribution in [0.2, 0.25) is 10.0 Å². The van der Waals surface area contributed by atoms with E-state index in [1.807, 2.05) is 54.9 Å². The number of hydrogen-bond acceptors (Lipinski definition) is 2. The Morgan fingerprint density at radius 1 is 1.07 bits per heavy atom. The second kappa shape index (κ2) is 8.15. The molecule has 0 radical (unpaired) electrons. The van der Waals surface area contributed by atoms with Crippen LogP contribution in [0, 0.1) is 13.8 Å². The summed E-state index contributed by atoms with van der Waals surface area (Å²) in [6.45, 7) is 4.41. The molecule has 0 spiro atoms. The van der Waals surface area contributed by atoms with Gasteiger partial charge in [-0.1, -0.05) is 47.5 Å². The molecule has 4 nitrogen and oxygen atoms in total. The molecule has 0 aliphatic heterocycles. The minimum absolute atomic E-state index is 0.0277. The molecule has 0 N–H and O–H groups in total. The fourth-order valence-electron chi connectivity index (χ4n) is 3.04. The number of amides is 1. The van der Waals surface area contributed by atoms with Crippen LogP contribution in [0.25, 0.3) is 5.69 Å². The summed E-state index contributed by atoms with van der Waals surface area (Å²) in [5.41, 5.74) is 4.74. The predicted octanol–water partition coefficient (Wildman–Crippen LogP) is 5.00. The van der Waals surface area contributed by atoms with E-state index < -0.39 is 0 Å². The fraction of sp³-hybridized carbons (Fsp3) is 0.238. The Hall–Kier alpha value is -2.30. The number of hydrogen-bond donors (Lipinski definition) is 0. The van der Waals surface area contributed by atoms with Gasteiger partial charge in [0, 0.05) is 24.8 Å². The van der Waals surface area contributed by atoms with Crippen LogP contribution in [-0.4, -0.2) is 27.6 Å². The number of likely N-dealkylation sites (N-methyl/N-ethyl adjacent to an activating group) is 1. The van der Waals surface area contributed by atoms with Crippen LogP contribution in [0.15, 0.2) is 48.5 Å². The Morgan fingerprint density at radius 3 is 2.44 bits per heavy atom. The van der Waals surface area contributed by atoms with E-state index in [9.17, 15) is 4.79 Å². The van der Waals surface area contributed by atoms with Crippen molar-refractivity contribution < 1.29 is 4.79 Å². The first kappa shape index (κ1) is 19.5. The average Bonchev–Trinajstić information content (AvgIpc) is 2.93. The van der Waals surface area contributed by atoms with Gasteiger partial charge < -0.3 is 4.90 Å². The molecule has 1 aromatic heterocycles. The van der Waals surface area contributed by atoms with Gasteiger partial charge >= 0.3 is 0 Å². The number of para-hydroxylation sites is 1. The fourth-order valence-corrected chi connectivity index (χ4v) is 3.36. The molecular weight excluding hydrogens is 381 g/mol. The van der Waals surface area contributed by atoms with E-state index in [0.717, 1.165) is 28.2 Å². The first-order valence-corrected chi connectivity index (χ1v) is 9.41. The van der Waals surface area contributed by atoms with Crippen molar-refractivity contribution in [3.63, 3.8) is 0 Å². The molecule has 0 saturated carbocycles. The van der Waals surface area contributed by atoms with Crippen molar-refractivity contribution >= 4 is 29.1 Å². The quantitative estimate of drug-likeness (QED) is 0.603. The minimum Gasteiger partial charge on any atom is -0.341 e. The van der Waals surface area contributed by atoms with E-state index in [4.69, 9.17) is 23.2 Å². The van der Waals surface area contributed by atoms with E-state index in [1.165, 1.54) is 0 Å². The van der Waals surface area contributed by atoms with Gasteiger partial charge in [-0.25, -0.2) is 4.68 Å². The van der Waals surface area contributed by atoms with Gasteiger partial charge in [-0.3, -0.25) is 4.79 Å². The van der Waals surface area contributed by atoms with Gasteiger partial charge in [-0.05, 0) is 43.7 Å². The first-order chi connectivity index (χ1) is 12.9. The lowest BCUT2D eigenvalue weighted by atomic mass is 10.1. The van der Waals surface area contributed by atoms with E-state index in [2.05, 4.69) is 5.10 Å². The van der Waals surface area contributed by atoms with Crippen molar-refractivity contribution in [3.8, 4) is 5.69 Å². The van der Waals surface area contributed by atoms with Gasteiger partial charge in [-0.2, -0.15) is 5.10 Å². The van der Waals surface area contributed by atoms with Crippen molar-refractivity contribution in [2.45, 2.75) is 26.8 Å². The summed E-state index contributed by atoms with van der Waals surface area (Å²) in [6, 6.07) is 15.3. The number of carbonyl (C=O) groups is 1. The molecule has 1 amide bonds. The van der Waals surface area contributed by atoms with Crippen molar-refractivity contribution in [2.24, 2.45) is 0 Å². The van der Waals surface area contributed by atoms with Crippen molar-refractivity contribution in [1.82, 2.24) is 14.7 Å². The highest BCUT2D eigenvalue weighted by Gasteiger charge is 2.18. The predicted molar refractivity (Wildman–Crippen MR) is 110 cm³/mol. The third kappa shape index (κ3) is 4.34. The molecule has 140 valence electrons. The molecule has 27 heavy (non-hydrogen) atoms. The third-order valence-electron chi connectivity index (χ3n) is 4.60. The number of nitrogens with zero attached hydrogens (tertiary/aromatic N) is 3. The Labute approximate surface area is 169 Å². The molecule has 0 unspecified atom stereocenters. The van der Waals surface area contributed by atoms with E-state index in [-0.39, 0.29) is 5.91 Å². The average molecular weight is 402 g/mol. The lowest BCUT2D eigenvalue weighted by Crippen LogP contribution is -2.28. The molecule has 0 fully saturated rings. The maximum absolute atomic E-state index is 12.7. The van der Waals surface area contributed by atoms with Gasteiger partial charge in [0.15, 0.2) is 0 Å². The number of carbonyl (C=O) groups excluding carboxylic acids is 1. The maximum atomic E-state index is 12.7. The third-order valence-corrected chi connectivity index (χ3v) is 5.34. The first-order valence-electron chi connectivity index (χ1n) is 8.65. The highest BCUT2D eigenvalue weighted by molar-refractivity contribution is 6.42. The molecule has 0 atom stereocenters. The van der Waals surface area contributed by atoms with Crippen molar-refractivity contribution in [3.05, 3.63) is 81.1 Å². The molecule has 0 bridgehead atoms. The van der Waals surface area contributed by atoms with Crippen molar-refractivity contribution in [2.75, 3.05) is 7.05 Å². The van der Waals surface area contributed by atoms with Gasteiger partial charge in [-0.15, -0.1) is 0 Å². The normalized spacial score (nSPS) is 10.9. The Kier molecular flexibility index (Phi) is 5.88. The van der Waals surface area contributed by atoms with E-state index >= 15 is 0 Å². The zero-order valence-corrected chi connectivity index (χ0v) is 17.1. The van der Waals surface area contributed by atoms with Crippen molar-refractivity contribution in [1.29, 1.82) is 0 Å². The zero-order chi connectivity index (χ0) is 19.6. The van der Waals surface area contributed by atoms with E-state index in [1.54, 1.807) is 24.1 Å². The number of aromatic nitrogens is 2. The monoisotopic (exact) mass is 401 g/mol. The van der Waals surface area contributed by atoms with Gasteiger partial charge in [0.1, 0.15) is 0 Å². The van der Waals surface area contributed by atoms with Crippen LogP contribution in [-0.2, 0) is 17.8 Å².